The first-order valence-corrected chi connectivity index (χ1v) is 5.94. The molecular weight excluding hydrogens is 230 g/mol. The largest absolute Gasteiger partial charge is 0.389 e. The summed E-state index contributed by atoms with van der Waals surface area (Å²) in [5, 5.41) is 11.2. The Bertz CT molecular complexity index is 495. The second-order valence-corrected chi connectivity index (χ2v) is 4.41. The fraction of sp³-hybridized carbons (Fsp3) is 0.308. The van der Waals surface area contributed by atoms with Gasteiger partial charge in [-0.3, -0.25) is 4.84 Å². The molecule has 1 atom stereocenters. The van der Waals surface area contributed by atoms with Crippen LogP contribution in [0.1, 0.15) is 5.56 Å². The van der Waals surface area contributed by atoms with Crippen molar-refractivity contribution in [3.8, 4) is 5.69 Å². The maximum absolute atomic E-state index is 9.37. The van der Waals surface area contributed by atoms with E-state index in [1.54, 1.807) is 17.6 Å². The number of hydroxylamine groups is 2. The highest BCUT2D eigenvalue weighted by Gasteiger charge is 2.21. The number of aromatic nitrogens is 2. The minimum atomic E-state index is -0.366. The molecule has 1 aromatic heterocycles. The molecule has 2 heterocycles. The van der Waals surface area contributed by atoms with Crippen LogP contribution >= 0.6 is 0 Å². The van der Waals surface area contributed by atoms with Crippen LogP contribution in [0.5, 0.6) is 0 Å². The lowest BCUT2D eigenvalue weighted by molar-refractivity contribution is -0.117. The number of nitrogens with zero attached hydrogens (tertiary/aromatic N) is 3. The van der Waals surface area contributed by atoms with Crippen molar-refractivity contribution < 1.29 is 9.94 Å². The van der Waals surface area contributed by atoms with E-state index in [9.17, 15) is 5.11 Å². The van der Waals surface area contributed by atoms with E-state index in [0.29, 0.717) is 19.7 Å². The molecule has 3 rings (SSSR count). The van der Waals surface area contributed by atoms with Crippen LogP contribution in [-0.4, -0.2) is 39.0 Å². The topological polar surface area (TPSA) is 50.5 Å². The lowest BCUT2D eigenvalue weighted by Crippen LogP contribution is -2.20. The smallest absolute Gasteiger partial charge is 0.0991 e. The van der Waals surface area contributed by atoms with E-state index in [2.05, 4.69) is 17.1 Å². The van der Waals surface area contributed by atoms with E-state index in [1.165, 1.54) is 0 Å². The maximum atomic E-state index is 9.37. The molecular formula is C13H15N3O2. The Hall–Kier alpha value is -1.69. The van der Waals surface area contributed by atoms with Gasteiger partial charge in [0.15, 0.2) is 0 Å². The van der Waals surface area contributed by atoms with Gasteiger partial charge in [0.25, 0.3) is 0 Å². The molecule has 0 amide bonds. The Kier molecular flexibility index (Phi) is 3.10. The molecule has 1 aliphatic heterocycles. The number of hydrogen-bond acceptors (Lipinski definition) is 4. The zero-order valence-corrected chi connectivity index (χ0v) is 9.94. The van der Waals surface area contributed by atoms with Gasteiger partial charge in [0.1, 0.15) is 0 Å². The van der Waals surface area contributed by atoms with Gasteiger partial charge in [-0.15, -0.1) is 0 Å². The third-order valence-electron chi connectivity index (χ3n) is 2.96. The Labute approximate surface area is 105 Å². The van der Waals surface area contributed by atoms with Gasteiger partial charge < -0.3 is 9.67 Å². The van der Waals surface area contributed by atoms with Gasteiger partial charge in [-0.25, -0.2) is 4.98 Å². The average molecular weight is 245 g/mol. The highest BCUT2D eigenvalue weighted by atomic mass is 16.7. The number of aliphatic hydroxyl groups excluding tert-OH is 1. The predicted octanol–water partition coefficient (Wildman–Crippen LogP) is 0.980. The molecule has 1 aromatic carbocycles. The van der Waals surface area contributed by atoms with Crippen LogP contribution in [0.3, 0.4) is 0 Å². The van der Waals surface area contributed by atoms with Crippen molar-refractivity contribution in [3.05, 3.63) is 48.5 Å². The number of hydrogen-bond donors (Lipinski definition) is 1. The molecule has 0 radical (unpaired) electrons. The predicted molar refractivity (Wildman–Crippen MR) is 65.9 cm³/mol. The van der Waals surface area contributed by atoms with E-state index < -0.39 is 0 Å². The lowest BCUT2D eigenvalue weighted by atomic mass is 10.2. The van der Waals surface area contributed by atoms with Gasteiger partial charge in [-0.2, -0.15) is 5.06 Å². The van der Waals surface area contributed by atoms with Crippen molar-refractivity contribution in [2.45, 2.75) is 12.6 Å². The first kappa shape index (κ1) is 11.4. The molecule has 0 aliphatic carbocycles. The zero-order chi connectivity index (χ0) is 12.4. The van der Waals surface area contributed by atoms with Crippen LogP contribution in [0, 0.1) is 0 Å². The molecule has 0 unspecified atom stereocenters. The van der Waals surface area contributed by atoms with Gasteiger partial charge in [0.2, 0.25) is 0 Å². The molecule has 0 bridgehead atoms. The van der Waals surface area contributed by atoms with Crippen molar-refractivity contribution in [2.75, 3.05) is 13.2 Å². The third-order valence-corrected chi connectivity index (χ3v) is 2.96. The van der Waals surface area contributed by atoms with Crippen LogP contribution in [0.4, 0.5) is 0 Å². The molecule has 1 aliphatic rings. The summed E-state index contributed by atoms with van der Waals surface area (Å²) in [6.07, 6.45) is 5.08. The zero-order valence-electron chi connectivity index (χ0n) is 9.94. The summed E-state index contributed by atoms with van der Waals surface area (Å²) in [6.45, 7) is 1.66. The Balaban J connectivity index is 1.68. The molecule has 0 saturated carbocycles. The van der Waals surface area contributed by atoms with E-state index in [1.807, 2.05) is 22.9 Å². The molecule has 1 saturated heterocycles. The van der Waals surface area contributed by atoms with Gasteiger partial charge in [-0.1, -0.05) is 12.1 Å². The normalized spacial score (nSPS) is 20.4. The van der Waals surface area contributed by atoms with E-state index in [4.69, 9.17) is 4.84 Å². The minimum Gasteiger partial charge on any atom is -0.389 e. The summed E-state index contributed by atoms with van der Waals surface area (Å²) in [6, 6.07) is 8.21. The van der Waals surface area contributed by atoms with Crippen LogP contribution in [-0.2, 0) is 11.4 Å². The summed E-state index contributed by atoms with van der Waals surface area (Å²) in [5.41, 5.74) is 2.24. The summed E-state index contributed by atoms with van der Waals surface area (Å²) in [5.74, 6) is 0. The first-order chi connectivity index (χ1) is 8.81. The summed E-state index contributed by atoms with van der Waals surface area (Å²) in [4.78, 5) is 9.36. The average Bonchev–Trinajstić information content (AvgIpc) is 3.02. The highest BCUT2D eigenvalue weighted by Crippen LogP contribution is 2.14. The van der Waals surface area contributed by atoms with Crippen LogP contribution in [0.2, 0.25) is 0 Å². The third kappa shape index (κ3) is 2.43. The highest BCUT2D eigenvalue weighted by molar-refractivity contribution is 5.34. The van der Waals surface area contributed by atoms with Crippen LogP contribution < -0.4 is 0 Å². The second kappa shape index (κ2) is 4.89. The van der Waals surface area contributed by atoms with Gasteiger partial charge in [0, 0.05) is 24.6 Å². The van der Waals surface area contributed by atoms with Gasteiger partial charge in [-0.05, 0) is 17.7 Å². The van der Waals surface area contributed by atoms with E-state index in [0.717, 1.165) is 11.3 Å². The number of imidazole rings is 1. The van der Waals surface area contributed by atoms with Crippen LogP contribution in [0.15, 0.2) is 43.0 Å². The van der Waals surface area contributed by atoms with E-state index in [-0.39, 0.29) is 6.10 Å². The van der Waals surface area contributed by atoms with Crippen molar-refractivity contribution in [1.82, 2.24) is 14.6 Å². The Morgan fingerprint density at radius 1 is 1.33 bits per heavy atom. The number of rotatable bonds is 3. The monoisotopic (exact) mass is 245 g/mol. The molecule has 94 valence electrons. The molecule has 5 nitrogen and oxygen atoms in total. The molecule has 1 fully saturated rings. The lowest BCUT2D eigenvalue weighted by Gasteiger charge is -2.13. The molecule has 2 aromatic rings. The van der Waals surface area contributed by atoms with Gasteiger partial charge >= 0.3 is 0 Å². The quantitative estimate of drug-likeness (QED) is 0.875. The second-order valence-electron chi connectivity index (χ2n) is 4.41. The first-order valence-electron chi connectivity index (χ1n) is 5.94. The molecule has 1 N–H and O–H groups in total. The Morgan fingerprint density at radius 3 is 2.78 bits per heavy atom. The standard InChI is InChI=1S/C13H15N3O2/c17-13-8-16(18-9-13)7-11-1-3-12(4-2-11)15-6-5-14-10-15/h1-6,10,13,17H,7-9H2/t13-/m1/s1. The summed E-state index contributed by atoms with van der Waals surface area (Å²) in [7, 11) is 0. The summed E-state index contributed by atoms with van der Waals surface area (Å²) >= 11 is 0. The van der Waals surface area contributed by atoms with Crippen molar-refractivity contribution >= 4 is 0 Å². The molecule has 18 heavy (non-hydrogen) atoms. The minimum absolute atomic E-state index is 0.366. The van der Waals surface area contributed by atoms with Crippen LogP contribution in [0.25, 0.3) is 5.69 Å². The number of β-amino-alcohol motifs (C(OH)–C–C–N with tert-alkyl or cyclic N) is 1. The maximum Gasteiger partial charge on any atom is 0.0991 e. The Morgan fingerprint density at radius 2 is 2.17 bits per heavy atom. The fourth-order valence-electron chi connectivity index (χ4n) is 2.03. The number of benzene rings is 1. The SMILES string of the molecule is O[C@H]1CON(Cc2ccc(-n3ccnc3)cc2)C1. The summed E-state index contributed by atoms with van der Waals surface area (Å²) < 4.78 is 1.96. The number of aliphatic hydroxyl groups is 1. The van der Waals surface area contributed by atoms with Crippen molar-refractivity contribution in [2.24, 2.45) is 0 Å². The van der Waals surface area contributed by atoms with Crippen molar-refractivity contribution in [3.63, 3.8) is 0 Å². The van der Waals surface area contributed by atoms with Crippen molar-refractivity contribution in [1.29, 1.82) is 0 Å². The van der Waals surface area contributed by atoms with Gasteiger partial charge in [0.05, 0.1) is 25.6 Å². The van der Waals surface area contributed by atoms with E-state index >= 15 is 0 Å². The molecule has 5 heteroatoms. The fourth-order valence-corrected chi connectivity index (χ4v) is 2.03. The molecule has 0 spiro atoms.